The molecule has 1 fully saturated rings. The Morgan fingerprint density at radius 1 is 1.56 bits per heavy atom. The van der Waals surface area contributed by atoms with Gasteiger partial charge in [0.1, 0.15) is 0 Å². The van der Waals surface area contributed by atoms with E-state index < -0.39 is 0 Å². The molecule has 0 radical (unpaired) electrons. The zero-order valence-corrected chi connectivity index (χ0v) is 12.2. The number of thiazole rings is 1. The Hall–Kier alpha value is -0.450. The predicted octanol–water partition coefficient (Wildman–Crippen LogP) is 2.31. The maximum absolute atomic E-state index is 5.53. The van der Waals surface area contributed by atoms with Gasteiger partial charge in [-0.2, -0.15) is 0 Å². The van der Waals surface area contributed by atoms with Gasteiger partial charge in [-0.25, -0.2) is 4.98 Å². The van der Waals surface area contributed by atoms with Crippen LogP contribution in [0.25, 0.3) is 0 Å². The Kier molecular flexibility index (Phi) is 5.60. The Labute approximate surface area is 114 Å². The number of nitrogens with zero attached hydrogens (tertiary/aromatic N) is 2. The molecule has 0 spiro atoms. The molecule has 102 valence electrons. The third-order valence-corrected chi connectivity index (χ3v) is 4.67. The summed E-state index contributed by atoms with van der Waals surface area (Å²) in [7, 11) is 0. The number of rotatable bonds is 6. The molecule has 2 N–H and O–H groups in total. The summed E-state index contributed by atoms with van der Waals surface area (Å²) in [6.45, 7) is 6.76. The summed E-state index contributed by atoms with van der Waals surface area (Å²) in [6.07, 6.45) is 5.98. The van der Waals surface area contributed by atoms with Crippen LogP contribution in [0, 0.1) is 5.92 Å². The molecule has 18 heavy (non-hydrogen) atoms. The molecule has 1 aliphatic heterocycles. The maximum atomic E-state index is 5.53. The number of piperidine rings is 1. The van der Waals surface area contributed by atoms with E-state index in [2.05, 4.69) is 17.2 Å². The second-order valence-electron chi connectivity index (χ2n) is 5.23. The maximum Gasteiger partial charge on any atom is 0.0931 e. The monoisotopic (exact) mass is 267 g/mol. The molecule has 4 heteroatoms. The fourth-order valence-corrected chi connectivity index (χ4v) is 3.64. The van der Waals surface area contributed by atoms with Crippen molar-refractivity contribution in [1.29, 1.82) is 0 Å². The van der Waals surface area contributed by atoms with Crippen molar-refractivity contribution in [3.05, 3.63) is 16.1 Å². The van der Waals surface area contributed by atoms with Gasteiger partial charge in [0.2, 0.25) is 0 Å². The summed E-state index contributed by atoms with van der Waals surface area (Å²) < 4.78 is 0. The Balaban J connectivity index is 1.83. The number of nitrogens with two attached hydrogens (primary N) is 1. The van der Waals surface area contributed by atoms with Gasteiger partial charge in [0.25, 0.3) is 0 Å². The molecule has 1 aliphatic rings. The number of hydrogen-bond acceptors (Lipinski definition) is 4. The molecule has 2 rings (SSSR count). The Morgan fingerprint density at radius 2 is 2.44 bits per heavy atom. The van der Waals surface area contributed by atoms with Gasteiger partial charge in [-0.05, 0) is 51.2 Å². The molecular weight excluding hydrogens is 242 g/mol. The van der Waals surface area contributed by atoms with Gasteiger partial charge in [0, 0.05) is 18.3 Å². The van der Waals surface area contributed by atoms with Crippen molar-refractivity contribution in [2.75, 3.05) is 26.2 Å². The van der Waals surface area contributed by atoms with E-state index in [0.29, 0.717) is 0 Å². The summed E-state index contributed by atoms with van der Waals surface area (Å²) in [4.78, 5) is 7.30. The summed E-state index contributed by atoms with van der Waals surface area (Å²) in [6, 6.07) is 0. The molecule has 1 aromatic rings. The van der Waals surface area contributed by atoms with Crippen molar-refractivity contribution in [2.45, 2.75) is 39.0 Å². The lowest BCUT2D eigenvalue weighted by atomic mass is 9.95. The number of aryl methyl sites for hydroxylation is 1. The third kappa shape index (κ3) is 4.04. The summed E-state index contributed by atoms with van der Waals surface area (Å²) in [5.74, 6) is 0.812. The zero-order chi connectivity index (χ0) is 12.8. The first-order valence-electron chi connectivity index (χ1n) is 7.17. The van der Waals surface area contributed by atoms with E-state index in [-0.39, 0.29) is 0 Å². The Morgan fingerprint density at radius 3 is 3.22 bits per heavy atom. The molecule has 2 heterocycles. The molecule has 0 saturated carbocycles. The second kappa shape index (κ2) is 7.22. The van der Waals surface area contributed by atoms with Crippen molar-refractivity contribution in [3.63, 3.8) is 0 Å². The molecule has 1 unspecified atom stereocenters. The van der Waals surface area contributed by atoms with Crippen molar-refractivity contribution in [1.82, 2.24) is 9.88 Å². The van der Waals surface area contributed by atoms with E-state index in [1.54, 1.807) is 0 Å². The van der Waals surface area contributed by atoms with E-state index in [4.69, 9.17) is 10.7 Å². The predicted molar refractivity (Wildman–Crippen MR) is 78.0 cm³/mol. The lowest BCUT2D eigenvalue weighted by Crippen LogP contribution is -2.35. The van der Waals surface area contributed by atoms with Crippen molar-refractivity contribution in [3.8, 4) is 0 Å². The van der Waals surface area contributed by atoms with Crippen molar-refractivity contribution in [2.24, 2.45) is 11.7 Å². The molecule has 3 nitrogen and oxygen atoms in total. The van der Waals surface area contributed by atoms with Crippen LogP contribution in [-0.2, 0) is 12.8 Å². The molecule has 0 amide bonds. The minimum atomic E-state index is 0.765. The fraction of sp³-hybridized carbons (Fsp3) is 0.786. The van der Waals surface area contributed by atoms with E-state index in [0.717, 1.165) is 25.3 Å². The number of hydrogen-bond donors (Lipinski definition) is 1. The minimum Gasteiger partial charge on any atom is -0.330 e. The van der Waals surface area contributed by atoms with E-state index >= 15 is 0 Å². The third-order valence-electron chi connectivity index (χ3n) is 3.75. The first kappa shape index (κ1) is 14.0. The summed E-state index contributed by atoms with van der Waals surface area (Å²) >= 11 is 1.83. The zero-order valence-electron chi connectivity index (χ0n) is 11.4. The van der Waals surface area contributed by atoms with Gasteiger partial charge < -0.3 is 10.6 Å². The van der Waals surface area contributed by atoms with Crippen LogP contribution in [0.3, 0.4) is 0 Å². The van der Waals surface area contributed by atoms with E-state index in [9.17, 15) is 0 Å². The van der Waals surface area contributed by atoms with Crippen LogP contribution in [0.2, 0.25) is 0 Å². The van der Waals surface area contributed by atoms with Gasteiger partial charge in [-0.3, -0.25) is 0 Å². The molecule has 1 saturated heterocycles. The number of likely N-dealkylation sites (tertiary alicyclic amines) is 1. The summed E-state index contributed by atoms with van der Waals surface area (Å²) in [5.41, 5.74) is 6.77. The molecule has 1 atom stereocenters. The van der Waals surface area contributed by atoms with Crippen LogP contribution >= 0.6 is 11.3 Å². The normalized spacial score (nSPS) is 21.3. The van der Waals surface area contributed by atoms with Crippen LogP contribution < -0.4 is 5.73 Å². The first-order chi connectivity index (χ1) is 8.81. The molecule has 0 aromatic carbocycles. The SMILES string of the molecule is CCN1CCCC(Cc2nc(CCCN)cs2)C1. The van der Waals surface area contributed by atoms with E-state index in [1.807, 2.05) is 11.3 Å². The number of aromatic nitrogens is 1. The van der Waals surface area contributed by atoms with Gasteiger partial charge in [0.05, 0.1) is 10.7 Å². The quantitative estimate of drug-likeness (QED) is 0.860. The minimum absolute atomic E-state index is 0.765. The van der Waals surface area contributed by atoms with Gasteiger partial charge in [-0.15, -0.1) is 11.3 Å². The van der Waals surface area contributed by atoms with Gasteiger partial charge in [-0.1, -0.05) is 6.92 Å². The van der Waals surface area contributed by atoms with E-state index in [1.165, 1.54) is 49.6 Å². The second-order valence-corrected chi connectivity index (χ2v) is 6.17. The van der Waals surface area contributed by atoms with Crippen molar-refractivity contribution < 1.29 is 0 Å². The van der Waals surface area contributed by atoms with Gasteiger partial charge >= 0.3 is 0 Å². The average Bonchev–Trinajstić information content (AvgIpc) is 2.84. The highest BCUT2D eigenvalue weighted by Gasteiger charge is 2.20. The van der Waals surface area contributed by atoms with Crippen LogP contribution in [0.4, 0.5) is 0 Å². The van der Waals surface area contributed by atoms with Crippen LogP contribution in [0.1, 0.15) is 36.9 Å². The fourth-order valence-electron chi connectivity index (χ4n) is 2.69. The molecule has 1 aromatic heterocycles. The van der Waals surface area contributed by atoms with Gasteiger partial charge in [0.15, 0.2) is 0 Å². The topological polar surface area (TPSA) is 42.2 Å². The lowest BCUT2D eigenvalue weighted by Gasteiger charge is -2.31. The standard InChI is InChI=1S/C14H25N3S/c1-2-17-8-4-5-12(10-17)9-14-16-13(11-18-14)6-3-7-15/h11-12H,2-10,15H2,1H3. The summed E-state index contributed by atoms with van der Waals surface area (Å²) in [5, 5.41) is 3.54. The smallest absolute Gasteiger partial charge is 0.0931 e. The van der Waals surface area contributed by atoms with Crippen LogP contribution in [0.15, 0.2) is 5.38 Å². The highest BCUT2D eigenvalue weighted by Crippen LogP contribution is 2.22. The highest BCUT2D eigenvalue weighted by atomic mass is 32.1. The largest absolute Gasteiger partial charge is 0.330 e. The molecule has 0 bridgehead atoms. The van der Waals surface area contributed by atoms with Crippen LogP contribution in [0.5, 0.6) is 0 Å². The van der Waals surface area contributed by atoms with Crippen molar-refractivity contribution >= 4 is 11.3 Å². The van der Waals surface area contributed by atoms with Crippen LogP contribution in [-0.4, -0.2) is 36.1 Å². The Bertz CT molecular complexity index is 351. The lowest BCUT2D eigenvalue weighted by molar-refractivity contribution is 0.182. The average molecular weight is 267 g/mol. The first-order valence-corrected chi connectivity index (χ1v) is 8.05. The molecular formula is C14H25N3S. The molecule has 0 aliphatic carbocycles. The highest BCUT2D eigenvalue weighted by molar-refractivity contribution is 7.09.